The van der Waals surface area contributed by atoms with Gasteiger partial charge in [-0.1, -0.05) is 6.07 Å². The van der Waals surface area contributed by atoms with Gasteiger partial charge < -0.3 is 20.8 Å². The van der Waals surface area contributed by atoms with Crippen molar-refractivity contribution in [3.05, 3.63) is 52.3 Å². The summed E-state index contributed by atoms with van der Waals surface area (Å²) in [6.07, 6.45) is 2.85. The van der Waals surface area contributed by atoms with Crippen LogP contribution < -0.4 is 10.5 Å². The lowest BCUT2D eigenvalue weighted by atomic mass is 10.1. The van der Waals surface area contributed by atoms with Crippen LogP contribution in [0.5, 0.6) is 5.75 Å². The summed E-state index contributed by atoms with van der Waals surface area (Å²) in [7, 11) is 1.71. The van der Waals surface area contributed by atoms with Crippen LogP contribution in [0.4, 0.5) is 5.69 Å². The van der Waals surface area contributed by atoms with Gasteiger partial charge in [-0.15, -0.1) is 0 Å². The van der Waals surface area contributed by atoms with E-state index in [2.05, 4.69) is 4.98 Å². The highest BCUT2D eigenvalue weighted by Crippen LogP contribution is 2.22. The van der Waals surface area contributed by atoms with Gasteiger partial charge >= 0.3 is 0 Å². The van der Waals surface area contributed by atoms with Gasteiger partial charge in [-0.3, -0.25) is 9.78 Å². The molecule has 0 atom stereocenters. The molecule has 1 amide bonds. The van der Waals surface area contributed by atoms with E-state index in [0.29, 0.717) is 41.4 Å². The first-order valence-electron chi connectivity index (χ1n) is 8.12. The molecule has 0 saturated carbocycles. The van der Waals surface area contributed by atoms with Crippen molar-refractivity contribution in [2.75, 3.05) is 19.4 Å². The molecule has 0 aliphatic heterocycles. The van der Waals surface area contributed by atoms with Crippen LogP contribution in [0.2, 0.25) is 0 Å². The molecule has 2 aromatic rings. The molecule has 0 fully saturated rings. The first kappa shape index (κ1) is 18.4. The van der Waals surface area contributed by atoms with Crippen LogP contribution in [-0.4, -0.2) is 35.7 Å². The topological polar surface area (TPSA) is 92.3 Å². The summed E-state index contributed by atoms with van der Waals surface area (Å²) in [4.78, 5) is 18.6. The van der Waals surface area contributed by atoms with Gasteiger partial charge in [0.1, 0.15) is 5.75 Å². The number of hydrogen-bond donors (Lipinski definition) is 2. The number of ether oxygens (including phenoxy) is 1. The Morgan fingerprint density at radius 1 is 1.40 bits per heavy atom. The van der Waals surface area contributed by atoms with Crippen molar-refractivity contribution in [3.63, 3.8) is 0 Å². The summed E-state index contributed by atoms with van der Waals surface area (Å²) < 4.78 is 5.56. The minimum Gasteiger partial charge on any atom is -0.494 e. The lowest BCUT2D eigenvalue weighted by Crippen LogP contribution is -2.27. The number of carbonyl (C=O) groups is 1. The first-order chi connectivity index (χ1) is 11.9. The molecule has 0 spiro atoms. The van der Waals surface area contributed by atoms with E-state index in [-0.39, 0.29) is 5.91 Å². The van der Waals surface area contributed by atoms with E-state index < -0.39 is 0 Å². The van der Waals surface area contributed by atoms with Crippen LogP contribution in [0.1, 0.15) is 39.7 Å². The van der Waals surface area contributed by atoms with Crippen molar-refractivity contribution in [2.45, 2.75) is 27.3 Å². The lowest BCUT2D eigenvalue weighted by Gasteiger charge is -2.20. The molecule has 1 aromatic heterocycles. The number of benzene rings is 1. The fourth-order valence-electron chi connectivity index (χ4n) is 2.58. The number of nitrogens with zero attached hydrogens (tertiary/aromatic N) is 2. The predicted octanol–water partition coefficient (Wildman–Crippen LogP) is 2.95. The first-order valence-corrected chi connectivity index (χ1v) is 8.12. The van der Waals surface area contributed by atoms with Gasteiger partial charge in [0.25, 0.3) is 5.91 Å². The zero-order valence-electron chi connectivity index (χ0n) is 15.1. The zero-order chi connectivity index (χ0) is 18.6. The molecule has 1 aromatic carbocycles. The number of aryl methyl sites for hydroxylation is 2. The van der Waals surface area contributed by atoms with Crippen LogP contribution >= 0.6 is 0 Å². The molecule has 3 N–H and O–H groups in total. The number of hydrogen-bond acceptors (Lipinski definition) is 5. The van der Waals surface area contributed by atoms with Crippen molar-refractivity contribution in [1.29, 1.82) is 5.41 Å². The molecule has 0 unspecified atom stereocenters. The molecule has 0 aliphatic carbocycles. The van der Waals surface area contributed by atoms with Gasteiger partial charge in [-0.25, -0.2) is 0 Å². The number of anilines is 1. The van der Waals surface area contributed by atoms with Crippen molar-refractivity contribution in [3.8, 4) is 5.75 Å². The molecule has 25 heavy (non-hydrogen) atoms. The number of nitrogen functional groups attached to an aromatic ring is 1. The maximum Gasteiger partial charge on any atom is 0.254 e. The molecule has 0 bridgehead atoms. The number of rotatable bonds is 6. The molecule has 0 aliphatic rings. The standard InChI is InChI=1S/C19H24N4O2/c1-5-25-17-8-14(7-6-12(17)2)19(24)23(4)11-15-10-22-13(3)16(9-20)18(15)21/h6-10,20H,5,11H2,1-4H3,(H2,21,22). The minimum absolute atomic E-state index is 0.127. The van der Waals surface area contributed by atoms with Gasteiger partial charge in [-0.2, -0.15) is 0 Å². The Hall–Kier alpha value is -2.89. The quantitative estimate of drug-likeness (QED) is 0.791. The van der Waals surface area contributed by atoms with E-state index in [1.807, 2.05) is 19.9 Å². The zero-order valence-corrected chi connectivity index (χ0v) is 15.1. The van der Waals surface area contributed by atoms with Crippen molar-refractivity contribution in [1.82, 2.24) is 9.88 Å². The average molecular weight is 340 g/mol. The smallest absolute Gasteiger partial charge is 0.254 e. The van der Waals surface area contributed by atoms with Crippen LogP contribution in [0.3, 0.4) is 0 Å². The Bertz CT molecular complexity index is 802. The largest absolute Gasteiger partial charge is 0.494 e. The van der Waals surface area contributed by atoms with E-state index >= 15 is 0 Å². The van der Waals surface area contributed by atoms with Gasteiger partial charge in [0.05, 0.1) is 6.61 Å². The molecule has 0 radical (unpaired) electrons. The summed E-state index contributed by atoms with van der Waals surface area (Å²) in [5, 5.41) is 7.47. The van der Waals surface area contributed by atoms with Crippen LogP contribution in [-0.2, 0) is 6.54 Å². The average Bonchev–Trinajstić information content (AvgIpc) is 2.59. The van der Waals surface area contributed by atoms with Gasteiger partial charge in [0.15, 0.2) is 0 Å². The van der Waals surface area contributed by atoms with Crippen molar-refractivity contribution >= 4 is 17.8 Å². The van der Waals surface area contributed by atoms with Crippen LogP contribution in [0.25, 0.3) is 0 Å². The van der Waals surface area contributed by atoms with E-state index in [9.17, 15) is 4.79 Å². The third kappa shape index (κ3) is 3.96. The van der Waals surface area contributed by atoms with E-state index in [4.69, 9.17) is 15.9 Å². The second kappa shape index (κ2) is 7.79. The normalized spacial score (nSPS) is 10.4. The summed E-state index contributed by atoms with van der Waals surface area (Å²) in [5.74, 6) is 0.585. The van der Waals surface area contributed by atoms with Crippen LogP contribution in [0, 0.1) is 19.3 Å². The number of nitrogens with two attached hydrogens (primary N) is 1. The summed E-state index contributed by atoms with van der Waals surface area (Å²) in [5.41, 5.74) is 10.2. The Kier molecular flexibility index (Phi) is 5.75. The molecular formula is C19H24N4O2. The number of aromatic nitrogens is 1. The monoisotopic (exact) mass is 340 g/mol. The summed E-state index contributed by atoms with van der Waals surface area (Å²) in [6, 6.07) is 5.43. The highest BCUT2D eigenvalue weighted by atomic mass is 16.5. The van der Waals surface area contributed by atoms with Crippen LogP contribution in [0.15, 0.2) is 24.4 Å². The maximum absolute atomic E-state index is 12.7. The van der Waals surface area contributed by atoms with Crippen molar-refractivity contribution in [2.24, 2.45) is 0 Å². The van der Waals surface area contributed by atoms with Gasteiger partial charge in [0, 0.05) is 54.1 Å². The molecule has 1 heterocycles. The van der Waals surface area contributed by atoms with Gasteiger partial charge in [-0.05, 0) is 38.5 Å². The molecule has 6 nitrogen and oxygen atoms in total. The maximum atomic E-state index is 12.7. The molecule has 6 heteroatoms. The van der Waals surface area contributed by atoms with E-state index in [1.165, 1.54) is 6.21 Å². The predicted molar refractivity (Wildman–Crippen MR) is 99.4 cm³/mol. The Labute approximate surface area is 148 Å². The van der Waals surface area contributed by atoms with E-state index in [0.717, 1.165) is 11.1 Å². The minimum atomic E-state index is -0.127. The molecule has 2 rings (SSSR count). The number of pyridine rings is 1. The third-order valence-corrected chi connectivity index (χ3v) is 4.07. The number of nitrogens with one attached hydrogen (secondary N) is 1. The molecule has 132 valence electrons. The molecule has 0 saturated heterocycles. The Morgan fingerprint density at radius 2 is 2.12 bits per heavy atom. The van der Waals surface area contributed by atoms with E-state index in [1.54, 1.807) is 37.2 Å². The second-order valence-corrected chi connectivity index (χ2v) is 5.92. The number of amides is 1. The SMILES string of the molecule is CCOc1cc(C(=O)N(C)Cc2cnc(C)c(C=N)c2N)ccc1C. The fraction of sp³-hybridized carbons (Fsp3) is 0.316. The number of carbonyl (C=O) groups excluding carboxylic acids is 1. The Balaban J connectivity index is 2.24. The fourth-order valence-corrected chi connectivity index (χ4v) is 2.58. The highest BCUT2D eigenvalue weighted by molar-refractivity contribution is 5.95. The summed E-state index contributed by atoms with van der Waals surface area (Å²) >= 11 is 0. The second-order valence-electron chi connectivity index (χ2n) is 5.92. The third-order valence-electron chi connectivity index (χ3n) is 4.07. The summed E-state index contributed by atoms with van der Waals surface area (Å²) in [6.45, 7) is 6.52. The molecular weight excluding hydrogens is 316 g/mol. The highest BCUT2D eigenvalue weighted by Gasteiger charge is 2.16. The van der Waals surface area contributed by atoms with Gasteiger partial charge in [0.2, 0.25) is 0 Å². The lowest BCUT2D eigenvalue weighted by molar-refractivity contribution is 0.0785. The van der Waals surface area contributed by atoms with Crippen molar-refractivity contribution < 1.29 is 9.53 Å². The Morgan fingerprint density at radius 3 is 2.76 bits per heavy atom.